The molecule has 1 atom stereocenters. The van der Waals surface area contributed by atoms with E-state index < -0.39 is 16.0 Å². The van der Waals surface area contributed by atoms with Gasteiger partial charge in [0.1, 0.15) is 0 Å². The second kappa shape index (κ2) is 8.75. The fourth-order valence-corrected chi connectivity index (χ4v) is 4.44. The number of carboxylic acid groups (broad SMARTS) is 1. The molecule has 0 radical (unpaired) electrons. The summed E-state index contributed by atoms with van der Waals surface area (Å²) in [5.74, 6) is -1.14. The molecule has 29 heavy (non-hydrogen) atoms. The Balaban J connectivity index is 1.79. The molecule has 10 heteroatoms. The zero-order valence-electron chi connectivity index (χ0n) is 15.7. The molecule has 1 amide bonds. The van der Waals surface area contributed by atoms with E-state index in [-0.39, 0.29) is 31.2 Å². The van der Waals surface area contributed by atoms with E-state index in [1.807, 2.05) is 17.5 Å². The highest BCUT2D eigenvalue weighted by atomic mass is 32.2. The van der Waals surface area contributed by atoms with Gasteiger partial charge < -0.3 is 5.11 Å². The van der Waals surface area contributed by atoms with Crippen molar-refractivity contribution in [2.75, 3.05) is 11.0 Å². The van der Waals surface area contributed by atoms with Crippen LogP contribution in [0.15, 0.2) is 46.9 Å². The predicted molar refractivity (Wildman–Crippen MR) is 111 cm³/mol. The van der Waals surface area contributed by atoms with Crippen molar-refractivity contribution in [2.24, 2.45) is 5.10 Å². The summed E-state index contributed by atoms with van der Waals surface area (Å²) in [5, 5.41) is 16.7. The number of aliphatic carboxylic acids is 1. The number of thiophene rings is 1. The number of benzene rings is 1. The Morgan fingerprint density at radius 3 is 2.55 bits per heavy atom. The van der Waals surface area contributed by atoms with Gasteiger partial charge in [0.25, 0.3) is 0 Å². The van der Waals surface area contributed by atoms with Gasteiger partial charge in [-0.05, 0) is 35.6 Å². The number of hydrogen-bond donors (Lipinski definition) is 2. The normalized spacial score (nSPS) is 16.5. The van der Waals surface area contributed by atoms with Crippen molar-refractivity contribution in [3.05, 3.63) is 52.2 Å². The molecule has 0 saturated carbocycles. The standard InChI is InChI=1S/C19H21N3O5S2/c1-29(26,27)21-14-9-7-13(8-10-14)15-12-16(17-4-3-11-28-17)22(20-15)18(23)5-2-6-19(24)25/h3-4,7-11,16,21H,2,5-6,12H2,1H3,(H,24,25)/t16-/m0/s1. The molecule has 1 aliphatic rings. The van der Waals surface area contributed by atoms with Crippen LogP contribution in [0.4, 0.5) is 5.69 Å². The van der Waals surface area contributed by atoms with Gasteiger partial charge in [-0.15, -0.1) is 11.3 Å². The topological polar surface area (TPSA) is 116 Å². The third-order valence-corrected chi connectivity index (χ3v) is 5.92. The predicted octanol–water partition coefficient (Wildman–Crippen LogP) is 3.05. The van der Waals surface area contributed by atoms with Crippen LogP contribution in [0.25, 0.3) is 0 Å². The molecule has 0 bridgehead atoms. The third kappa shape index (κ3) is 5.64. The van der Waals surface area contributed by atoms with Crippen molar-refractivity contribution >= 4 is 44.6 Å². The highest BCUT2D eigenvalue weighted by Gasteiger charge is 2.33. The minimum Gasteiger partial charge on any atom is -0.481 e. The van der Waals surface area contributed by atoms with Crippen LogP contribution < -0.4 is 4.72 Å². The zero-order valence-corrected chi connectivity index (χ0v) is 17.4. The number of nitrogens with zero attached hydrogens (tertiary/aromatic N) is 2. The van der Waals surface area contributed by atoms with E-state index in [1.165, 1.54) is 16.3 Å². The van der Waals surface area contributed by atoms with Gasteiger partial charge in [0, 0.05) is 29.8 Å². The molecule has 0 unspecified atom stereocenters. The van der Waals surface area contributed by atoms with Gasteiger partial charge in [-0.25, -0.2) is 13.4 Å². The van der Waals surface area contributed by atoms with Crippen molar-refractivity contribution in [1.29, 1.82) is 0 Å². The number of carbonyl (C=O) groups excluding carboxylic acids is 1. The van der Waals surface area contributed by atoms with Crippen LogP contribution >= 0.6 is 11.3 Å². The molecular formula is C19H21N3O5S2. The minimum atomic E-state index is -3.36. The maximum absolute atomic E-state index is 12.7. The Hall–Kier alpha value is -2.72. The van der Waals surface area contributed by atoms with E-state index in [4.69, 9.17) is 5.11 Å². The molecule has 8 nitrogen and oxygen atoms in total. The summed E-state index contributed by atoms with van der Waals surface area (Å²) < 4.78 is 25.1. The number of nitrogens with one attached hydrogen (secondary N) is 1. The second-order valence-corrected chi connectivity index (χ2v) is 9.45. The number of hydrazone groups is 1. The smallest absolute Gasteiger partial charge is 0.303 e. The lowest BCUT2D eigenvalue weighted by Gasteiger charge is -2.20. The molecule has 1 aromatic heterocycles. The van der Waals surface area contributed by atoms with Gasteiger partial charge in [-0.3, -0.25) is 14.3 Å². The molecule has 154 valence electrons. The van der Waals surface area contributed by atoms with Crippen LogP contribution in [0, 0.1) is 0 Å². The average molecular weight is 436 g/mol. The lowest BCUT2D eigenvalue weighted by Crippen LogP contribution is -2.26. The van der Waals surface area contributed by atoms with Crippen LogP contribution in [0.2, 0.25) is 0 Å². The average Bonchev–Trinajstić information content (AvgIpc) is 3.30. The van der Waals surface area contributed by atoms with Crippen LogP contribution in [0.3, 0.4) is 0 Å². The SMILES string of the molecule is CS(=O)(=O)Nc1ccc(C2=NN(C(=O)CCCC(=O)O)[C@H](c3cccs3)C2)cc1. The van der Waals surface area contributed by atoms with Gasteiger partial charge in [0.2, 0.25) is 15.9 Å². The number of rotatable bonds is 8. The second-order valence-electron chi connectivity index (χ2n) is 6.72. The fourth-order valence-electron chi connectivity index (χ4n) is 3.07. The zero-order chi connectivity index (χ0) is 21.0. The van der Waals surface area contributed by atoms with Crippen molar-refractivity contribution in [2.45, 2.75) is 31.7 Å². The Labute approximate surface area is 172 Å². The van der Waals surface area contributed by atoms with Crippen LogP contribution in [-0.4, -0.2) is 42.4 Å². The number of anilines is 1. The quantitative estimate of drug-likeness (QED) is 0.661. The summed E-state index contributed by atoms with van der Waals surface area (Å²) in [4.78, 5) is 24.4. The lowest BCUT2D eigenvalue weighted by molar-refractivity contribution is -0.137. The molecule has 1 aliphatic heterocycles. The van der Waals surface area contributed by atoms with Crippen molar-refractivity contribution < 1.29 is 23.1 Å². The van der Waals surface area contributed by atoms with Gasteiger partial charge in [0.05, 0.1) is 18.0 Å². The first-order valence-electron chi connectivity index (χ1n) is 8.96. The number of amides is 1. The molecule has 0 fully saturated rings. The first kappa shape index (κ1) is 21.0. The van der Waals surface area contributed by atoms with Gasteiger partial charge in [-0.1, -0.05) is 18.2 Å². The Kier molecular flexibility index (Phi) is 6.33. The van der Waals surface area contributed by atoms with Crippen molar-refractivity contribution in [1.82, 2.24) is 5.01 Å². The van der Waals surface area contributed by atoms with Crippen molar-refractivity contribution in [3.63, 3.8) is 0 Å². The minimum absolute atomic E-state index is 0.0609. The Morgan fingerprint density at radius 2 is 1.97 bits per heavy atom. The number of carbonyl (C=O) groups is 2. The first-order valence-corrected chi connectivity index (χ1v) is 11.7. The van der Waals surface area contributed by atoms with E-state index in [9.17, 15) is 18.0 Å². The summed E-state index contributed by atoms with van der Waals surface area (Å²) in [6.45, 7) is 0. The van der Waals surface area contributed by atoms with Gasteiger partial charge in [0.15, 0.2) is 0 Å². The Bertz CT molecular complexity index is 1010. The van der Waals surface area contributed by atoms with E-state index in [1.54, 1.807) is 24.3 Å². The molecule has 0 spiro atoms. The lowest BCUT2D eigenvalue weighted by atomic mass is 10.0. The van der Waals surface area contributed by atoms with E-state index >= 15 is 0 Å². The van der Waals surface area contributed by atoms with E-state index in [2.05, 4.69) is 9.82 Å². The van der Waals surface area contributed by atoms with Crippen LogP contribution in [0.5, 0.6) is 0 Å². The molecule has 1 aromatic carbocycles. The van der Waals surface area contributed by atoms with E-state index in [0.717, 1.165) is 22.4 Å². The fraction of sp³-hybridized carbons (Fsp3) is 0.316. The maximum Gasteiger partial charge on any atom is 0.303 e. The first-order chi connectivity index (χ1) is 13.7. The molecule has 0 aliphatic carbocycles. The number of carboxylic acids is 1. The third-order valence-electron chi connectivity index (χ3n) is 4.34. The van der Waals surface area contributed by atoms with Gasteiger partial charge in [-0.2, -0.15) is 5.10 Å². The van der Waals surface area contributed by atoms with Gasteiger partial charge >= 0.3 is 5.97 Å². The number of sulfonamides is 1. The maximum atomic E-state index is 12.7. The number of hydrogen-bond acceptors (Lipinski definition) is 6. The summed E-state index contributed by atoms with van der Waals surface area (Å²) in [5.41, 5.74) is 1.97. The van der Waals surface area contributed by atoms with Crippen LogP contribution in [-0.2, 0) is 19.6 Å². The van der Waals surface area contributed by atoms with Crippen molar-refractivity contribution in [3.8, 4) is 0 Å². The summed E-state index contributed by atoms with van der Waals surface area (Å²) >= 11 is 1.54. The van der Waals surface area contributed by atoms with E-state index in [0.29, 0.717) is 12.1 Å². The highest BCUT2D eigenvalue weighted by molar-refractivity contribution is 7.92. The molecule has 2 N–H and O–H groups in total. The Morgan fingerprint density at radius 1 is 1.24 bits per heavy atom. The largest absolute Gasteiger partial charge is 0.481 e. The monoisotopic (exact) mass is 435 g/mol. The molecule has 2 aromatic rings. The van der Waals surface area contributed by atoms with Crippen LogP contribution in [0.1, 0.15) is 42.2 Å². The molecule has 2 heterocycles. The molecule has 3 rings (SSSR count). The summed E-state index contributed by atoms with van der Waals surface area (Å²) in [7, 11) is -3.36. The molecular weight excluding hydrogens is 414 g/mol. The summed E-state index contributed by atoms with van der Waals surface area (Å²) in [6.07, 6.45) is 1.93. The highest BCUT2D eigenvalue weighted by Crippen LogP contribution is 2.35. The summed E-state index contributed by atoms with van der Waals surface area (Å²) in [6, 6.07) is 10.5. The molecule has 0 saturated heterocycles.